The van der Waals surface area contributed by atoms with Crippen LogP contribution in [0.4, 0.5) is 11.4 Å². The van der Waals surface area contributed by atoms with Gasteiger partial charge in [0, 0.05) is 24.5 Å². The Labute approximate surface area is 112 Å². The number of anilines is 2. The van der Waals surface area contributed by atoms with Gasteiger partial charge >= 0.3 is 5.97 Å². The molecule has 2 N–H and O–H groups in total. The molecule has 2 saturated heterocycles. The molecule has 19 heavy (non-hydrogen) atoms. The smallest absolute Gasteiger partial charge is 0.340 e. The molecule has 1 aromatic carbocycles. The molecule has 2 bridgehead atoms. The number of carbonyl (C=O) groups excluding carboxylic acids is 1. The summed E-state index contributed by atoms with van der Waals surface area (Å²) in [6.45, 7) is 1.75. The first kappa shape index (κ1) is 12.3. The van der Waals surface area contributed by atoms with Gasteiger partial charge in [0.05, 0.1) is 24.9 Å². The van der Waals surface area contributed by atoms with Crippen LogP contribution in [0.25, 0.3) is 0 Å². The van der Waals surface area contributed by atoms with Crippen LogP contribution in [-0.4, -0.2) is 38.4 Å². The number of morpholine rings is 1. The third kappa shape index (κ3) is 2.26. The lowest BCUT2D eigenvalue weighted by atomic mass is 10.1. The average Bonchev–Trinajstić information content (AvgIpc) is 2.77. The van der Waals surface area contributed by atoms with Gasteiger partial charge in [-0.25, -0.2) is 4.79 Å². The van der Waals surface area contributed by atoms with E-state index in [1.165, 1.54) is 7.11 Å². The van der Waals surface area contributed by atoms with E-state index in [1.807, 2.05) is 12.1 Å². The Balaban J connectivity index is 1.87. The summed E-state index contributed by atoms with van der Waals surface area (Å²) in [5.41, 5.74) is 7.71. The summed E-state index contributed by atoms with van der Waals surface area (Å²) in [5, 5.41) is 0. The molecule has 2 aliphatic rings. The van der Waals surface area contributed by atoms with E-state index in [9.17, 15) is 4.79 Å². The number of nitrogens with two attached hydrogens (primary N) is 1. The Morgan fingerprint density at radius 1 is 1.37 bits per heavy atom. The van der Waals surface area contributed by atoms with E-state index in [-0.39, 0.29) is 0 Å². The molecule has 3 rings (SSSR count). The molecule has 0 aromatic heterocycles. The van der Waals surface area contributed by atoms with Crippen molar-refractivity contribution in [2.45, 2.75) is 25.0 Å². The molecule has 5 nitrogen and oxygen atoms in total. The van der Waals surface area contributed by atoms with Gasteiger partial charge in [-0.1, -0.05) is 0 Å². The van der Waals surface area contributed by atoms with Crippen LogP contribution < -0.4 is 10.6 Å². The summed E-state index contributed by atoms with van der Waals surface area (Å²) < 4.78 is 10.6. The van der Waals surface area contributed by atoms with Crippen molar-refractivity contribution in [1.82, 2.24) is 0 Å². The van der Waals surface area contributed by atoms with Crippen LogP contribution in [0.15, 0.2) is 18.2 Å². The third-order valence-corrected chi connectivity index (χ3v) is 3.85. The SMILES string of the molecule is COC(=O)c1cc(N2CC3CCC(C2)O3)ccc1N. The molecule has 2 unspecified atom stereocenters. The van der Waals surface area contributed by atoms with Gasteiger partial charge in [0.25, 0.3) is 0 Å². The van der Waals surface area contributed by atoms with Crippen molar-refractivity contribution in [3.63, 3.8) is 0 Å². The lowest BCUT2D eigenvalue weighted by Crippen LogP contribution is -2.42. The topological polar surface area (TPSA) is 64.8 Å². The number of nitrogens with zero attached hydrogens (tertiary/aromatic N) is 1. The van der Waals surface area contributed by atoms with Gasteiger partial charge in [0.2, 0.25) is 0 Å². The van der Waals surface area contributed by atoms with Crippen molar-refractivity contribution in [1.29, 1.82) is 0 Å². The molecule has 102 valence electrons. The summed E-state index contributed by atoms with van der Waals surface area (Å²) >= 11 is 0. The van der Waals surface area contributed by atoms with E-state index < -0.39 is 5.97 Å². The summed E-state index contributed by atoms with van der Waals surface area (Å²) in [6.07, 6.45) is 2.88. The predicted molar refractivity (Wildman–Crippen MR) is 72.3 cm³/mol. The fraction of sp³-hybridized carbons (Fsp3) is 0.500. The zero-order chi connectivity index (χ0) is 13.4. The highest BCUT2D eigenvalue weighted by atomic mass is 16.5. The maximum absolute atomic E-state index is 11.7. The molecular formula is C14H18N2O3. The molecule has 2 heterocycles. The number of hydrogen-bond donors (Lipinski definition) is 1. The normalized spacial score (nSPS) is 25.4. The van der Waals surface area contributed by atoms with Gasteiger partial charge in [-0.05, 0) is 31.0 Å². The Kier molecular flexibility index (Phi) is 3.06. The zero-order valence-electron chi connectivity index (χ0n) is 11.0. The van der Waals surface area contributed by atoms with E-state index in [1.54, 1.807) is 6.07 Å². The van der Waals surface area contributed by atoms with Crippen molar-refractivity contribution in [3.8, 4) is 0 Å². The second kappa shape index (κ2) is 4.74. The second-order valence-electron chi connectivity index (χ2n) is 5.13. The van der Waals surface area contributed by atoms with E-state index in [2.05, 4.69) is 4.90 Å². The van der Waals surface area contributed by atoms with Gasteiger partial charge in [0.1, 0.15) is 0 Å². The van der Waals surface area contributed by atoms with Crippen molar-refractivity contribution in [2.24, 2.45) is 0 Å². The number of rotatable bonds is 2. The zero-order valence-corrected chi connectivity index (χ0v) is 11.0. The minimum atomic E-state index is -0.393. The molecule has 0 saturated carbocycles. The molecule has 0 aliphatic carbocycles. The summed E-state index contributed by atoms with van der Waals surface area (Å²) in [6, 6.07) is 5.53. The van der Waals surface area contributed by atoms with Crippen LogP contribution in [0.1, 0.15) is 23.2 Å². The standard InChI is InChI=1S/C14H18N2O3/c1-18-14(17)12-6-9(2-5-13(12)15)16-7-10-3-4-11(8-16)19-10/h2,5-6,10-11H,3-4,7-8,15H2,1H3. The van der Waals surface area contributed by atoms with Crippen molar-refractivity contribution in [2.75, 3.05) is 30.8 Å². The Hall–Kier alpha value is -1.75. The van der Waals surface area contributed by atoms with Crippen LogP contribution in [0.3, 0.4) is 0 Å². The van der Waals surface area contributed by atoms with Gasteiger partial charge in [-0.3, -0.25) is 0 Å². The number of benzene rings is 1. The van der Waals surface area contributed by atoms with Crippen molar-refractivity contribution >= 4 is 17.3 Å². The van der Waals surface area contributed by atoms with Gasteiger partial charge in [-0.2, -0.15) is 0 Å². The van der Waals surface area contributed by atoms with Gasteiger partial charge < -0.3 is 20.1 Å². The molecule has 0 amide bonds. The third-order valence-electron chi connectivity index (χ3n) is 3.85. The molecule has 1 aromatic rings. The molecular weight excluding hydrogens is 244 g/mol. The lowest BCUT2D eigenvalue weighted by molar-refractivity contribution is 0.0305. The Bertz CT molecular complexity index is 491. The summed E-state index contributed by atoms with van der Waals surface area (Å²) in [5.74, 6) is -0.393. The molecule has 2 atom stereocenters. The first-order valence-corrected chi connectivity index (χ1v) is 6.55. The molecule has 2 aliphatic heterocycles. The molecule has 0 spiro atoms. The fourth-order valence-corrected chi connectivity index (χ4v) is 2.85. The first-order valence-electron chi connectivity index (χ1n) is 6.55. The predicted octanol–water partition coefficient (Wildman–Crippen LogP) is 1.42. The van der Waals surface area contributed by atoms with Crippen LogP contribution in [0.5, 0.6) is 0 Å². The van der Waals surface area contributed by atoms with Crippen LogP contribution in [0, 0.1) is 0 Å². The van der Waals surface area contributed by atoms with Gasteiger partial charge in [-0.15, -0.1) is 0 Å². The number of esters is 1. The average molecular weight is 262 g/mol. The number of fused-ring (bicyclic) bond motifs is 2. The highest BCUT2D eigenvalue weighted by Gasteiger charge is 2.33. The number of ether oxygens (including phenoxy) is 2. The fourth-order valence-electron chi connectivity index (χ4n) is 2.85. The number of nitrogen functional groups attached to an aromatic ring is 1. The summed E-state index contributed by atoms with van der Waals surface area (Å²) in [4.78, 5) is 13.9. The largest absolute Gasteiger partial charge is 0.465 e. The second-order valence-corrected chi connectivity index (χ2v) is 5.13. The van der Waals surface area contributed by atoms with Gasteiger partial charge in [0.15, 0.2) is 0 Å². The number of methoxy groups -OCH3 is 1. The quantitative estimate of drug-likeness (QED) is 0.645. The maximum Gasteiger partial charge on any atom is 0.340 e. The molecule has 2 fully saturated rings. The summed E-state index contributed by atoms with van der Waals surface area (Å²) in [7, 11) is 1.36. The Morgan fingerprint density at radius 3 is 2.68 bits per heavy atom. The lowest BCUT2D eigenvalue weighted by Gasteiger charge is -2.34. The van der Waals surface area contributed by atoms with Crippen LogP contribution in [-0.2, 0) is 9.47 Å². The minimum Gasteiger partial charge on any atom is -0.465 e. The van der Waals surface area contributed by atoms with Crippen LogP contribution >= 0.6 is 0 Å². The van der Waals surface area contributed by atoms with Crippen LogP contribution in [0.2, 0.25) is 0 Å². The van der Waals surface area contributed by atoms with E-state index >= 15 is 0 Å². The highest BCUT2D eigenvalue weighted by Crippen LogP contribution is 2.31. The monoisotopic (exact) mass is 262 g/mol. The highest BCUT2D eigenvalue weighted by molar-refractivity contribution is 5.96. The van der Waals surface area contributed by atoms with E-state index in [0.29, 0.717) is 23.5 Å². The number of hydrogen-bond acceptors (Lipinski definition) is 5. The maximum atomic E-state index is 11.7. The first-order chi connectivity index (χ1) is 9.17. The minimum absolute atomic E-state index is 0.317. The molecule has 5 heteroatoms. The van der Waals surface area contributed by atoms with E-state index in [4.69, 9.17) is 15.2 Å². The molecule has 0 radical (unpaired) electrons. The van der Waals surface area contributed by atoms with Crippen molar-refractivity contribution < 1.29 is 14.3 Å². The Morgan fingerprint density at radius 2 is 2.05 bits per heavy atom. The number of carbonyl (C=O) groups is 1. The van der Waals surface area contributed by atoms with E-state index in [0.717, 1.165) is 31.6 Å². The van der Waals surface area contributed by atoms with Crippen molar-refractivity contribution in [3.05, 3.63) is 23.8 Å².